The topological polar surface area (TPSA) is 52.6 Å². The summed E-state index contributed by atoms with van der Waals surface area (Å²) in [4.78, 5) is 2.65. The van der Waals surface area contributed by atoms with E-state index < -0.39 is 11.3 Å². The molecular weight excluding hydrogens is 332 g/mol. The van der Waals surface area contributed by atoms with Crippen LogP contribution in [0.3, 0.4) is 0 Å². The number of likely N-dealkylation sites (tertiary alicyclic amines) is 1. The van der Waals surface area contributed by atoms with Gasteiger partial charge in [0.1, 0.15) is 0 Å². The van der Waals surface area contributed by atoms with Crippen molar-refractivity contribution in [2.45, 2.75) is 52.0 Å². The molecule has 1 heterocycles. The Morgan fingerprint density at radius 1 is 1.32 bits per heavy atom. The lowest BCUT2D eigenvalue weighted by Gasteiger charge is -2.25. The van der Waals surface area contributed by atoms with Crippen LogP contribution in [0.2, 0.25) is 0 Å². The Balaban J connectivity index is 1.51. The van der Waals surface area contributed by atoms with Crippen LogP contribution in [0.4, 0.5) is 0 Å². The Hall–Kier alpha value is -0.750. The first-order chi connectivity index (χ1) is 11.9. The number of nitrogens with one attached hydrogen (secondary N) is 1. The van der Waals surface area contributed by atoms with Crippen molar-refractivity contribution < 1.29 is 8.76 Å². The van der Waals surface area contributed by atoms with Gasteiger partial charge in [-0.2, -0.15) is 0 Å². The van der Waals surface area contributed by atoms with Crippen molar-refractivity contribution in [2.75, 3.05) is 19.6 Å². The van der Waals surface area contributed by atoms with Gasteiger partial charge in [-0.1, -0.05) is 57.9 Å². The van der Waals surface area contributed by atoms with Gasteiger partial charge in [-0.3, -0.25) is 4.55 Å². The summed E-state index contributed by atoms with van der Waals surface area (Å²) in [6.45, 7) is 11.1. The van der Waals surface area contributed by atoms with Gasteiger partial charge in [-0.15, -0.1) is 0 Å². The zero-order valence-corrected chi connectivity index (χ0v) is 16.5. The molecule has 0 radical (unpaired) electrons. The van der Waals surface area contributed by atoms with Crippen molar-refractivity contribution in [3.05, 3.63) is 35.4 Å². The van der Waals surface area contributed by atoms with Gasteiger partial charge in [0.05, 0.1) is 0 Å². The van der Waals surface area contributed by atoms with Crippen molar-refractivity contribution in [1.82, 2.24) is 9.62 Å². The van der Waals surface area contributed by atoms with E-state index in [2.05, 4.69) is 48.6 Å². The van der Waals surface area contributed by atoms with E-state index >= 15 is 0 Å². The second kappa shape index (κ2) is 7.87. The summed E-state index contributed by atoms with van der Waals surface area (Å²) in [6.07, 6.45) is 4.02. The van der Waals surface area contributed by atoms with E-state index in [1.54, 1.807) is 0 Å². The number of hydrogen-bond donors (Lipinski definition) is 2. The lowest BCUT2D eigenvalue weighted by Crippen LogP contribution is -2.30. The highest BCUT2D eigenvalue weighted by Crippen LogP contribution is 2.63. The van der Waals surface area contributed by atoms with Gasteiger partial charge in [0, 0.05) is 25.0 Å². The predicted molar refractivity (Wildman–Crippen MR) is 104 cm³/mol. The van der Waals surface area contributed by atoms with E-state index in [0.29, 0.717) is 12.0 Å². The fraction of sp³-hybridized carbons (Fsp3) is 0.700. The highest BCUT2D eigenvalue weighted by Gasteiger charge is 2.65. The summed E-state index contributed by atoms with van der Waals surface area (Å²) < 4.78 is 22.3. The van der Waals surface area contributed by atoms with Crippen LogP contribution in [0.1, 0.15) is 51.2 Å². The summed E-state index contributed by atoms with van der Waals surface area (Å²) in [5.74, 6) is 2.36. The minimum absolute atomic E-state index is 0.294. The first kappa shape index (κ1) is 19.0. The highest BCUT2D eigenvalue weighted by molar-refractivity contribution is 7.77. The van der Waals surface area contributed by atoms with E-state index in [0.717, 1.165) is 23.3 Å². The van der Waals surface area contributed by atoms with Crippen LogP contribution >= 0.6 is 0 Å². The predicted octanol–water partition coefficient (Wildman–Crippen LogP) is 3.56. The molecule has 3 rings (SSSR count). The quantitative estimate of drug-likeness (QED) is 0.520. The van der Waals surface area contributed by atoms with Crippen LogP contribution in [0.25, 0.3) is 0 Å². The molecule has 1 aromatic carbocycles. The third-order valence-corrected chi connectivity index (χ3v) is 6.67. The van der Waals surface area contributed by atoms with Gasteiger partial charge < -0.3 is 4.90 Å². The zero-order valence-electron chi connectivity index (χ0n) is 15.7. The molecule has 0 spiro atoms. The van der Waals surface area contributed by atoms with E-state index in [4.69, 9.17) is 4.55 Å². The minimum Gasteiger partial charge on any atom is -0.303 e. The van der Waals surface area contributed by atoms with E-state index in [9.17, 15) is 4.21 Å². The average molecular weight is 365 g/mol. The number of nitrogens with zero attached hydrogens (tertiary/aromatic N) is 1. The molecule has 0 aromatic heterocycles. The number of benzene rings is 1. The molecule has 3 unspecified atom stereocenters. The lowest BCUT2D eigenvalue weighted by atomic mass is 9.91. The van der Waals surface area contributed by atoms with E-state index in [-0.39, 0.29) is 0 Å². The van der Waals surface area contributed by atoms with Crippen LogP contribution in [-0.2, 0) is 23.2 Å². The molecule has 0 bridgehead atoms. The van der Waals surface area contributed by atoms with Crippen molar-refractivity contribution in [2.24, 2.45) is 17.8 Å². The SMILES string of the molecule is CC(C)CCCCN1CC2C(C1)C2(C)c1cccc(CNS(=O)O)c1. The molecule has 1 aliphatic carbocycles. The molecule has 4 nitrogen and oxygen atoms in total. The summed E-state index contributed by atoms with van der Waals surface area (Å²) >= 11 is -1.95. The van der Waals surface area contributed by atoms with Gasteiger partial charge in [0.25, 0.3) is 0 Å². The van der Waals surface area contributed by atoms with E-state index in [1.807, 2.05) is 6.07 Å². The third-order valence-electron chi connectivity index (χ3n) is 6.28. The molecule has 1 saturated heterocycles. The largest absolute Gasteiger partial charge is 0.303 e. The number of fused-ring (bicyclic) bond motifs is 1. The summed E-state index contributed by atoms with van der Waals surface area (Å²) in [5.41, 5.74) is 2.77. The minimum atomic E-state index is -1.95. The van der Waals surface area contributed by atoms with Crippen molar-refractivity contribution in [3.63, 3.8) is 0 Å². The molecule has 1 aromatic rings. The maximum Gasteiger partial charge on any atom is 0.232 e. The lowest BCUT2D eigenvalue weighted by molar-refractivity contribution is 0.269. The first-order valence-electron chi connectivity index (χ1n) is 9.57. The molecule has 2 N–H and O–H groups in total. The monoisotopic (exact) mass is 364 g/mol. The van der Waals surface area contributed by atoms with Crippen molar-refractivity contribution in [3.8, 4) is 0 Å². The van der Waals surface area contributed by atoms with Crippen LogP contribution in [-0.4, -0.2) is 33.3 Å². The van der Waals surface area contributed by atoms with Crippen LogP contribution in [0.15, 0.2) is 24.3 Å². The normalized spacial score (nSPS) is 29.8. The van der Waals surface area contributed by atoms with Crippen molar-refractivity contribution in [1.29, 1.82) is 0 Å². The van der Waals surface area contributed by atoms with Gasteiger partial charge in [0.2, 0.25) is 11.3 Å². The molecular formula is C20H32N2O2S. The smallest absolute Gasteiger partial charge is 0.232 e. The van der Waals surface area contributed by atoms with Gasteiger partial charge in [-0.05, 0) is 41.8 Å². The standard InChI is InChI=1S/C20H32N2O2S/c1-15(2)7-4-5-10-22-13-18-19(14-22)20(18,3)17-9-6-8-16(11-17)12-21-25(23)24/h6,8-9,11,15,18-19,21H,4-5,7,10,12-14H2,1-3H3,(H,23,24). The van der Waals surface area contributed by atoms with Gasteiger partial charge in [-0.25, -0.2) is 8.93 Å². The fourth-order valence-electron chi connectivity index (χ4n) is 4.62. The number of hydrogen-bond acceptors (Lipinski definition) is 2. The number of unbranched alkanes of at least 4 members (excludes halogenated alkanes) is 1. The fourth-order valence-corrected chi connectivity index (χ4v) is 4.91. The Bertz CT molecular complexity index is 607. The second-order valence-corrected chi connectivity index (χ2v) is 9.20. The molecule has 0 amide bonds. The molecule has 1 saturated carbocycles. The number of rotatable bonds is 9. The molecule has 1 aliphatic heterocycles. The zero-order chi connectivity index (χ0) is 18.0. The number of piperidine rings is 1. The summed E-state index contributed by atoms with van der Waals surface area (Å²) in [7, 11) is 0. The highest BCUT2D eigenvalue weighted by atomic mass is 32.2. The Morgan fingerprint density at radius 2 is 2.04 bits per heavy atom. The molecule has 140 valence electrons. The average Bonchev–Trinajstić information content (AvgIpc) is 2.94. The summed E-state index contributed by atoms with van der Waals surface area (Å²) in [5, 5.41) is 0. The second-order valence-electron chi connectivity index (χ2n) is 8.42. The molecule has 5 heteroatoms. The maximum absolute atomic E-state index is 10.8. The van der Waals surface area contributed by atoms with Gasteiger partial charge >= 0.3 is 0 Å². The third kappa shape index (κ3) is 4.33. The molecule has 2 fully saturated rings. The Labute approximate surface area is 154 Å². The summed E-state index contributed by atoms with van der Waals surface area (Å²) in [6, 6.07) is 8.54. The van der Waals surface area contributed by atoms with Crippen molar-refractivity contribution >= 4 is 11.3 Å². The van der Waals surface area contributed by atoms with Crippen LogP contribution in [0, 0.1) is 17.8 Å². The van der Waals surface area contributed by atoms with Crippen LogP contribution < -0.4 is 4.72 Å². The molecule has 2 aliphatic rings. The molecule has 3 atom stereocenters. The molecule has 25 heavy (non-hydrogen) atoms. The van der Waals surface area contributed by atoms with Gasteiger partial charge in [0.15, 0.2) is 0 Å². The Kier molecular flexibility index (Phi) is 5.99. The maximum atomic E-state index is 10.8. The first-order valence-corrected chi connectivity index (χ1v) is 10.7. The van der Waals surface area contributed by atoms with Crippen LogP contribution in [0.5, 0.6) is 0 Å². The Morgan fingerprint density at radius 3 is 2.68 bits per heavy atom. The van der Waals surface area contributed by atoms with E-state index in [1.165, 1.54) is 44.5 Å².